The molecule has 0 aromatic heterocycles. The van der Waals surface area contributed by atoms with E-state index in [0.717, 1.165) is 0 Å². The van der Waals surface area contributed by atoms with Gasteiger partial charge in [-0.2, -0.15) is 5.26 Å². The van der Waals surface area contributed by atoms with Crippen molar-refractivity contribution in [2.75, 3.05) is 11.6 Å². The number of nitrogens with zero attached hydrogens (tertiary/aromatic N) is 4. The molecule has 0 saturated carbocycles. The molecule has 0 aliphatic carbocycles. The zero-order valence-corrected chi connectivity index (χ0v) is 9.24. The molecule has 1 unspecified atom stereocenters. The van der Waals surface area contributed by atoms with E-state index in [1.807, 2.05) is 6.07 Å². The van der Waals surface area contributed by atoms with Gasteiger partial charge >= 0.3 is 0 Å². The van der Waals surface area contributed by atoms with Crippen LogP contribution in [0.25, 0.3) is 0 Å². The third kappa shape index (κ3) is 1.72. The lowest BCUT2D eigenvalue weighted by Gasteiger charge is -2.15. The third-order valence-corrected chi connectivity index (χ3v) is 2.67. The first-order valence-electron chi connectivity index (χ1n) is 4.66. The lowest BCUT2D eigenvalue weighted by Crippen LogP contribution is -2.20. The van der Waals surface area contributed by atoms with Crippen molar-refractivity contribution in [1.29, 1.82) is 5.26 Å². The molecule has 0 amide bonds. The maximum atomic E-state index is 13.5. The van der Waals surface area contributed by atoms with Gasteiger partial charge in [0.2, 0.25) is 0 Å². The zero-order valence-electron chi connectivity index (χ0n) is 8.48. The van der Waals surface area contributed by atoms with E-state index in [0.29, 0.717) is 17.8 Å². The van der Waals surface area contributed by atoms with Crippen LogP contribution in [-0.2, 0) is 0 Å². The van der Waals surface area contributed by atoms with Crippen molar-refractivity contribution in [1.82, 2.24) is 0 Å². The van der Waals surface area contributed by atoms with Crippen molar-refractivity contribution >= 4 is 17.3 Å². The molecule has 0 radical (unpaired) electrons. The average molecular weight is 239 g/mol. The Bertz CT molecular complexity index is 494. The second kappa shape index (κ2) is 4.06. The highest BCUT2D eigenvalue weighted by atomic mass is 35.5. The molecule has 82 valence electrons. The Labute approximate surface area is 96.9 Å². The summed E-state index contributed by atoms with van der Waals surface area (Å²) in [7, 11) is 0. The van der Waals surface area contributed by atoms with Crippen molar-refractivity contribution in [2.45, 2.75) is 13.0 Å². The summed E-state index contributed by atoms with van der Waals surface area (Å²) in [6, 6.07) is 4.63. The van der Waals surface area contributed by atoms with Crippen LogP contribution in [0.2, 0.25) is 5.02 Å². The standard InChI is InChI=1S/C10H8ClFN4/c1-6-9(3-2-8(11)10(6)12)16-5-7(4-13)14-15-16/h2-3,7H,5H2,1H3. The topological polar surface area (TPSA) is 51.8 Å². The van der Waals surface area contributed by atoms with Crippen LogP contribution < -0.4 is 5.01 Å². The number of rotatable bonds is 1. The van der Waals surface area contributed by atoms with E-state index in [-0.39, 0.29) is 5.02 Å². The van der Waals surface area contributed by atoms with Crippen LogP contribution >= 0.6 is 11.6 Å². The molecule has 4 nitrogen and oxygen atoms in total. The van der Waals surface area contributed by atoms with E-state index < -0.39 is 11.9 Å². The third-order valence-electron chi connectivity index (χ3n) is 2.38. The number of anilines is 1. The lowest BCUT2D eigenvalue weighted by atomic mass is 10.1. The Balaban J connectivity index is 2.34. The quantitative estimate of drug-likeness (QED) is 0.755. The van der Waals surface area contributed by atoms with Crippen molar-refractivity contribution < 1.29 is 4.39 Å². The van der Waals surface area contributed by atoms with Gasteiger partial charge in [0.05, 0.1) is 23.3 Å². The highest BCUT2D eigenvalue weighted by Gasteiger charge is 2.22. The summed E-state index contributed by atoms with van der Waals surface area (Å²) in [5.74, 6) is -0.463. The van der Waals surface area contributed by atoms with Gasteiger partial charge in [-0.05, 0) is 19.1 Å². The smallest absolute Gasteiger partial charge is 0.178 e. The SMILES string of the molecule is Cc1c(N2CC(C#N)N=N2)ccc(Cl)c1F. The van der Waals surface area contributed by atoms with Crippen LogP contribution in [0.5, 0.6) is 0 Å². The van der Waals surface area contributed by atoms with Crippen LogP contribution in [0.15, 0.2) is 22.5 Å². The average Bonchev–Trinajstić information content (AvgIpc) is 2.74. The zero-order chi connectivity index (χ0) is 11.7. The monoisotopic (exact) mass is 238 g/mol. The van der Waals surface area contributed by atoms with E-state index in [9.17, 15) is 4.39 Å². The van der Waals surface area contributed by atoms with E-state index in [2.05, 4.69) is 10.3 Å². The van der Waals surface area contributed by atoms with Gasteiger partial charge < -0.3 is 0 Å². The number of hydrogen-bond donors (Lipinski definition) is 0. The van der Waals surface area contributed by atoms with Gasteiger partial charge in [0.1, 0.15) is 5.82 Å². The van der Waals surface area contributed by atoms with Crippen molar-refractivity contribution in [3.8, 4) is 6.07 Å². The molecule has 1 aromatic carbocycles. The molecule has 0 N–H and O–H groups in total. The summed E-state index contributed by atoms with van der Waals surface area (Å²) in [4.78, 5) is 0. The summed E-state index contributed by atoms with van der Waals surface area (Å²) in [5, 5.41) is 17.8. The Hall–Kier alpha value is -1.67. The first-order chi connectivity index (χ1) is 7.63. The molecule has 0 fully saturated rings. The summed E-state index contributed by atoms with van der Waals surface area (Å²) in [6.45, 7) is 1.96. The summed E-state index contributed by atoms with van der Waals surface area (Å²) in [5.41, 5.74) is 0.994. The van der Waals surface area contributed by atoms with Crippen molar-refractivity contribution in [3.63, 3.8) is 0 Å². The highest BCUT2D eigenvalue weighted by molar-refractivity contribution is 6.30. The van der Waals surface area contributed by atoms with E-state index in [4.69, 9.17) is 16.9 Å². The molecule has 1 aliphatic heterocycles. The van der Waals surface area contributed by atoms with E-state index in [1.54, 1.807) is 13.0 Å². The summed E-state index contributed by atoms with van der Waals surface area (Å²) in [6.07, 6.45) is 0. The molecule has 0 saturated heterocycles. The molecular weight excluding hydrogens is 231 g/mol. The Kier molecular flexibility index (Phi) is 2.75. The van der Waals surface area contributed by atoms with E-state index in [1.165, 1.54) is 11.1 Å². The van der Waals surface area contributed by atoms with Crippen LogP contribution in [0.3, 0.4) is 0 Å². The molecular formula is C10H8ClFN4. The van der Waals surface area contributed by atoms with Crippen molar-refractivity contribution in [3.05, 3.63) is 28.5 Å². The molecule has 6 heteroatoms. The first kappa shape index (κ1) is 10.8. The van der Waals surface area contributed by atoms with Crippen LogP contribution in [-0.4, -0.2) is 12.6 Å². The molecule has 1 atom stereocenters. The molecule has 1 aromatic rings. The molecule has 1 aliphatic rings. The number of nitriles is 1. The maximum absolute atomic E-state index is 13.5. The number of hydrogen-bond acceptors (Lipinski definition) is 4. The maximum Gasteiger partial charge on any atom is 0.178 e. The second-order valence-electron chi connectivity index (χ2n) is 3.44. The van der Waals surface area contributed by atoms with Crippen LogP contribution in [0.1, 0.15) is 5.56 Å². The fourth-order valence-electron chi connectivity index (χ4n) is 1.50. The second-order valence-corrected chi connectivity index (χ2v) is 3.84. The minimum absolute atomic E-state index is 0.0780. The Morgan fingerprint density at radius 1 is 1.62 bits per heavy atom. The molecule has 0 bridgehead atoms. The fraction of sp³-hybridized carbons (Fsp3) is 0.300. The minimum atomic E-state index is -0.488. The van der Waals surface area contributed by atoms with Gasteiger partial charge in [0.25, 0.3) is 0 Å². The fourth-order valence-corrected chi connectivity index (χ4v) is 1.70. The van der Waals surface area contributed by atoms with Gasteiger partial charge in [0.15, 0.2) is 6.04 Å². The number of halogens is 2. The predicted octanol–water partition coefficient (Wildman–Crippen LogP) is 2.87. The van der Waals surface area contributed by atoms with Gasteiger partial charge in [0, 0.05) is 5.56 Å². The predicted molar refractivity (Wildman–Crippen MR) is 57.8 cm³/mol. The minimum Gasteiger partial charge on any atom is -0.244 e. The molecule has 0 spiro atoms. The molecule has 1 heterocycles. The van der Waals surface area contributed by atoms with Gasteiger partial charge in [-0.15, -0.1) is 5.11 Å². The normalized spacial score (nSPS) is 18.9. The van der Waals surface area contributed by atoms with Crippen LogP contribution in [0, 0.1) is 24.1 Å². The molecule has 2 rings (SSSR count). The summed E-state index contributed by atoms with van der Waals surface area (Å²) < 4.78 is 13.5. The molecule has 16 heavy (non-hydrogen) atoms. The van der Waals surface area contributed by atoms with Gasteiger partial charge in [-0.25, -0.2) is 9.40 Å². The van der Waals surface area contributed by atoms with E-state index >= 15 is 0 Å². The number of benzene rings is 1. The summed E-state index contributed by atoms with van der Waals surface area (Å²) >= 11 is 5.65. The first-order valence-corrected chi connectivity index (χ1v) is 5.04. The van der Waals surface area contributed by atoms with Gasteiger partial charge in [-0.3, -0.25) is 0 Å². The Morgan fingerprint density at radius 3 is 3.00 bits per heavy atom. The Morgan fingerprint density at radius 2 is 2.38 bits per heavy atom. The lowest BCUT2D eigenvalue weighted by molar-refractivity contribution is 0.618. The largest absolute Gasteiger partial charge is 0.244 e. The van der Waals surface area contributed by atoms with Gasteiger partial charge in [-0.1, -0.05) is 16.8 Å². The van der Waals surface area contributed by atoms with Crippen LogP contribution in [0.4, 0.5) is 10.1 Å². The highest BCUT2D eigenvalue weighted by Crippen LogP contribution is 2.29. The van der Waals surface area contributed by atoms with Crippen molar-refractivity contribution in [2.24, 2.45) is 10.3 Å².